The van der Waals surface area contributed by atoms with Crippen molar-refractivity contribution >= 4 is 22.7 Å². The number of nitrogens with zero attached hydrogens (tertiary/aromatic N) is 3. The first-order chi connectivity index (χ1) is 10.9. The number of carbonyl (C=O) groups is 1. The number of amides is 1. The molecule has 1 N–H and O–H groups in total. The third kappa shape index (κ3) is 4.02. The van der Waals surface area contributed by atoms with Gasteiger partial charge in [0.1, 0.15) is 5.71 Å². The predicted molar refractivity (Wildman–Crippen MR) is 82.4 cm³/mol. The van der Waals surface area contributed by atoms with Gasteiger partial charge in [0.2, 0.25) is 0 Å². The van der Waals surface area contributed by atoms with Crippen molar-refractivity contribution in [2.75, 3.05) is 6.61 Å². The molecule has 2 aromatic rings. The van der Waals surface area contributed by atoms with E-state index in [1.165, 1.54) is 6.92 Å². The van der Waals surface area contributed by atoms with Crippen molar-refractivity contribution in [1.29, 1.82) is 0 Å². The van der Waals surface area contributed by atoms with Gasteiger partial charge >= 0.3 is 6.55 Å². The molecule has 0 aliphatic heterocycles. The molecule has 0 saturated heterocycles. The number of oxime groups is 1. The zero-order chi connectivity index (χ0) is 17.0. The van der Waals surface area contributed by atoms with Gasteiger partial charge in [-0.2, -0.15) is 8.78 Å². The molecule has 1 aromatic carbocycles. The molecule has 0 bridgehead atoms. The van der Waals surface area contributed by atoms with Crippen LogP contribution in [0.25, 0.3) is 11.0 Å². The molecule has 6 nitrogen and oxygen atoms in total. The van der Waals surface area contributed by atoms with Crippen molar-refractivity contribution < 1.29 is 18.4 Å². The number of alkyl halides is 2. The molecule has 0 fully saturated rings. The lowest BCUT2D eigenvalue weighted by molar-refractivity contribution is -0.126. The van der Waals surface area contributed by atoms with Gasteiger partial charge in [0.05, 0.1) is 11.0 Å². The molecule has 0 saturated carbocycles. The second kappa shape index (κ2) is 7.17. The minimum Gasteiger partial charge on any atom is -0.385 e. The monoisotopic (exact) mass is 324 g/mol. The molecule has 124 valence electrons. The van der Waals surface area contributed by atoms with Gasteiger partial charge in [0.25, 0.3) is 5.91 Å². The summed E-state index contributed by atoms with van der Waals surface area (Å²) in [5.74, 6) is -0.329. The van der Waals surface area contributed by atoms with Crippen molar-refractivity contribution in [3.63, 3.8) is 0 Å². The Morgan fingerprint density at radius 2 is 2.09 bits per heavy atom. The second-order valence-electron chi connectivity index (χ2n) is 5.24. The normalized spacial score (nSPS) is 12.2. The Morgan fingerprint density at radius 3 is 2.74 bits per heavy atom. The van der Waals surface area contributed by atoms with Gasteiger partial charge in [-0.1, -0.05) is 17.3 Å². The number of carbonyl (C=O) groups excluding carboxylic acids is 1. The summed E-state index contributed by atoms with van der Waals surface area (Å²) in [6.07, 6.45) is 0. The van der Waals surface area contributed by atoms with Crippen LogP contribution < -0.4 is 5.32 Å². The second-order valence-corrected chi connectivity index (χ2v) is 5.24. The number of hydrogen-bond donors (Lipinski definition) is 1. The summed E-state index contributed by atoms with van der Waals surface area (Å²) in [7, 11) is 0. The van der Waals surface area contributed by atoms with E-state index in [2.05, 4.69) is 15.5 Å². The third-order valence-corrected chi connectivity index (χ3v) is 2.96. The fourth-order valence-corrected chi connectivity index (χ4v) is 2.09. The Morgan fingerprint density at radius 1 is 1.39 bits per heavy atom. The molecule has 1 aromatic heterocycles. The minimum absolute atomic E-state index is 0.00506. The average molecular weight is 324 g/mol. The number of imidazole rings is 1. The number of nitrogens with one attached hydrogen (secondary N) is 1. The first-order valence-corrected chi connectivity index (χ1v) is 7.11. The molecular formula is C15H18F2N4O2. The van der Waals surface area contributed by atoms with Gasteiger partial charge in [0, 0.05) is 6.04 Å². The number of benzene rings is 1. The number of para-hydroxylation sites is 2. The summed E-state index contributed by atoms with van der Waals surface area (Å²) in [4.78, 5) is 20.5. The Labute approximate surface area is 132 Å². The molecule has 0 radical (unpaired) electrons. The van der Waals surface area contributed by atoms with E-state index in [0.29, 0.717) is 11.0 Å². The molecule has 0 unspecified atom stereocenters. The van der Waals surface area contributed by atoms with E-state index >= 15 is 0 Å². The lowest BCUT2D eigenvalue weighted by Gasteiger charge is -2.08. The highest BCUT2D eigenvalue weighted by Gasteiger charge is 2.19. The van der Waals surface area contributed by atoms with Crippen LogP contribution in [0.5, 0.6) is 0 Å². The zero-order valence-corrected chi connectivity index (χ0v) is 13.1. The molecule has 0 aliphatic carbocycles. The van der Waals surface area contributed by atoms with Crippen molar-refractivity contribution in [3.05, 3.63) is 30.1 Å². The largest absolute Gasteiger partial charge is 0.385 e. The number of rotatable bonds is 6. The van der Waals surface area contributed by atoms with Crippen LogP contribution >= 0.6 is 0 Å². The van der Waals surface area contributed by atoms with Crippen LogP contribution in [0.2, 0.25) is 0 Å². The number of aromatic nitrogens is 2. The highest BCUT2D eigenvalue weighted by Crippen LogP contribution is 2.23. The van der Waals surface area contributed by atoms with Crippen molar-refractivity contribution in [2.45, 2.75) is 33.4 Å². The van der Waals surface area contributed by atoms with Gasteiger partial charge in [-0.05, 0) is 32.9 Å². The van der Waals surface area contributed by atoms with Crippen LogP contribution in [0.15, 0.2) is 29.4 Å². The Hall–Kier alpha value is -2.51. The third-order valence-electron chi connectivity index (χ3n) is 2.96. The van der Waals surface area contributed by atoms with Crippen LogP contribution in [0.3, 0.4) is 0 Å². The van der Waals surface area contributed by atoms with Crippen LogP contribution in [-0.2, 0) is 9.63 Å². The fraction of sp³-hybridized carbons (Fsp3) is 0.400. The van der Waals surface area contributed by atoms with E-state index in [0.717, 1.165) is 4.57 Å². The summed E-state index contributed by atoms with van der Waals surface area (Å²) >= 11 is 0. The molecule has 1 heterocycles. The van der Waals surface area contributed by atoms with Gasteiger partial charge in [-0.25, -0.2) is 4.98 Å². The van der Waals surface area contributed by atoms with Crippen LogP contribution in [0, 0.1) is 0 Å². The van der Waals surface area contributed by atoms with E-state index < -0.39 is 6.55 Å². The molecule has 0 aliphatic rings. The van der Waals surface area contributed by atoms with Crippen LogP contribution in [-0.4, -0.2) is 33.8 Å². The summed E-state index contributed by atoms with van der Waals surface area (Å²) in [6, 6.07) is 6.56. The summed E-state index contributed by atoms with van der Waals surface area (Å²) in [6.45, 7) is 2.09. The number of halogens is 2. The first kappa shape index (κ1) is 16.9. The lowest BCUT2D eigenvalue weighted by Crippen LogP contribution is -2.32. The highest BCUT2D eigenvalue weighted by molar-refractivity contribution is 5.98. The van der Waals surface area contributed by atoms with Crippen LogP contribution in [0.4, 0.5) is 8.78 Å². The summed E-state index contributed by atoms with van der Waals surface area (Å²) in [5, 5.41) is 6.35. The standard InChI is InChI=1S/C15H18F2N4O2/c1-9(2)18-13(22)8-23-20-10(3)14-19-11-6-4-5-7-12(11)21(14)15(16)17/h4-7,9,15H,8H2,1-3H3,(H,18,22)/b20-10+. The molecular weight excluding hydrogens is 306 g/mol. The SMILES string of the molecule is C/C(=N\OCC(=O)NC(C)C)c1nc2ccccc2n1C(F)F. The molecule has 23 heavy (non-hydrogen) atoms. The predicted octanol–water partition coefficient (Wildman–Crippen LogP) is 2.70. The molecule has 0 atom stereocenters. The number of hydrogen-bond acceptors (Lipinski definition) is 4. The van der Waals surface area contributed by atoms with Gasteiger partial charge in [-0.3, -0.25) is 9.36 Å². The average Bonchev–Trinajstić information content (AvgIpc) is 2.85. The topological polar surface area (TPSA) is 68.5 Å². The van der Waals surface area contributed by atoms with E-state index in [-0.39, 0.29) is 30.1 Å². The molecule has 8 heteroatoms. The van der Waals surface area contributed by atoms with Gasteiger partial charge < -0.3 is 10.2 Å². The first-order valence-electron chi connectivity index (χ1n) is 7.11. The Balaban J connectivity index is 2.20. The Bertz CT molecular complexity index is 725. The van der Waals surface area contributed by atoms with Crippen LogP contribution in [0.1, 0.15) is 33.1 Å². The van der Waals surface area contributed by atoms with E-state index in [1.807, 2.05) is 13.8 Å². The van der Waals surface area contributed by atoms with Gasteiger partial charge in [0.15, 0.2) is 12.4 Å². The van der Waals surface area contributed by atoms with Crippen molar-refractivity contribution in [1.82, 2.24) is 14.9 Å². The maximum atomic E-state index is 13.3. The highest BCUT2D eigenvalue weighted by atomic mass is 19.3. The summed E-state index contributed by atoms with van der Waals surface area (Å²) < 4.78 is 27.4. The van der Waals surface area contributed by atoms with Crippen molar-refractivity contribution in [2.24, 2.45) is 5.16 Å². The molecule has 0 spiro atoms. The number of fused-ring (bicyclic) bond motifs is 1. The van der Waals surface area contributed by atoms with E-state index in [9.17, 15) is 13.6 Å². The minimum atomic E-state index is -2.76. The molecule has 2 rings (SSSR count). The smallest absolute Gasteiger partial charge is 0.320 e. The Kier molecular flexibility index (Phi) is 5.25. The van der Waals surface area contributed by atoms with E-state index in [4.69, 9.17) is 4.84 Å². The maximum Gasteiger partial charge on any atom is 0.320 e. The zero-order valence-electron chi connectivity index (χ0n) is 13.1. The maximum absolute atomic E-state index is 13.3. The van der Waals surface area contributed by atoms with Crippen molar-refractivity contribution in [3.8, 4) is 0 Å². The fourth-order valence-electron chi connectivity index (χ4n) is 2.09. The lowest BCUT2D eigenvalue weighted by atomic mass is 10.3. The van der Waals surface area contributed by atoms with Gasteiger partial charge in [-0.15, -0.1) is 0 Å². The van der Waals surface area contributed by atoms with E-state index in [1.54, 1.807) is 24.3 Å². The molecule has 1 amide bonds. The quantitative estimate of drug-likeness (QED) is 0.656. The summed E-state index contributed by atoms with van der Waals surface area (Å²) in [5.41, 5.74) is 0.915.